The molecule has 0 bridgehead atoms. The summed E-state index contributed by atoms with van der Waals surface area (Å²) < 4.78 is 5.43. The Morgan fingerprint density at radius 3 is 2.96 bits per heavy atom. The topological polar surface area (TPSA) is 84.2 Å². The molecule has 3 aromatic rings. The van der Waals surface area contributed by atoms with Gasteiger partial charge in [0.2, 0.25) is 5.91 Å². The molecule has 6 nitrogen and oxygen atoms in total. The van der Waals surface area contributed by atoms with Crippen LogP contribution in [0.2, 0.25) is 0 Å². The summed E-state index contributed by atoms with van der Waals surface area (Å²) >= 11 is 0. The maximum atomic E-state index is 12.5. The van der Waals surface area contributed by atoms with E-state index in [4.69, 9.17) is 4.42 Å². The summed E-state index contributed by atoms with van der Waals surface area (Å²) in [5.41, 5.74) is 4.37. The molecule has 4 rings (SSSR count). The highest BCUT2D eigenvalue weighted by Gasteiger charge is 2.17. The van der Waals surface area contributed by atoms with Gasteiger partial charge in [0.05, 0.1) is 0 Å². The molecule has 0 spiro atoms. The second-order valence-corrected chi connectivity index (χ2v) is 5.79. The number of aryl methyl sites for hydroxylation is 2. The van der Waals surface area contributed by atoms with E-state index in [2.05, 4.69) is 15.6 Å². The lowest BCUT2D eigenvalue weighted by atomic mass is 10.00. The van der Waals surface area contributed by atoms with Gasteiger partial charge in [0.15, 0.2) is 11.5 Å². The van der Waals surface area contributed by atoms with E-state index in [1.807, 2.05) is 6.07 Å². The molecule has 2 heterocycles. The highest BCUT2D eigenvalue weighted by molar-refractivity contribution is 6.05. The van der Waals surface area contributed by atoms with Gasteiger partial charge >= 0.3 is 0 Å². The van der Waals surface area contributed by atoms with Crippen molar-refractivity contribution < 1.29 is 14.0 Å². The lowest BCUT2D eigenvalue weighted by Gasteiger charge is -2.17. The molecule has 0 atom stereocenters. The molecule has 0 saturated heterocycles. The average molecular weight is 321 g/mol. The molecule has 2 N–H and O–H groups in total. The molecule has 1 aromatic heterocycles. The highest BCUT2D eigenvalue weighted by atomic mass is 16.3. The largest absolute Gasteiger partial charge is 0.441 e. The molecule has 0 radical (unpaired) electrons. The van der Waals surface area contributed by atoms with Crippen molar-refractivity contribution in [3.63, 3.8) is 0 Å². The number of rotatable bonds is 2. The fourth-order valence-corrected chi connectivity index (χ4v) is 2.85. The van der Waals surface area contributed by atoms with Crippen LogP contribution >= 0.6 is 0 Å². The molecule has 0 aliphatic carbocycles. The lowest BCUT2D eigenvalue weighted by molar-refractivity contribution is -0.116. The summed E-state index contributed by atoms with van der Waals surface area (Å²) in [6.07, 6.45) is 1.09. The minimum Gasteiger partial charge on any atom is -0.441 e. The van der Waals surface area contributed by atoms with Gasteiger partial charge in [-0.15, -0.1) is 0 Å². The van der Waals surface area contributed by atoms with Gasteiger partial charge in [-0.1, -0.05) is 0 Å². The van der Waals surface area contributed by atoms with Crippen LogP contribution < -0.4 is 10.6 Å². The Labute approximate surface area is 137 Å². The van der Waals surface area contributed by atoms with Crippen molar-refractivity contribution in [3.05, 3.63) is 53.4 Å². The van der Waals surface area contributed by atoms with Gasteiger partial charge in [-0.2, -0.15) is 0 Å². The second-order valence-electron chi connectivity index (χ2n) is 5.79. The number of amides is 2. The first kappa shape index (κ1) is 14.4. The summed E-state index contributed by atoms with van der Waals surface area (Å²) in [5.74, 6) is 0.399. The number of anilines is 2. The van der Waals surface area contributed by atoms with Crippen LogP contribution in [-0.4, -0.2) is 16.8 Å². The Hall–Kier alpha value is -3.15. The fourth-order valence-electron chi connectivity index (χ4n) is 2.85. The first-order valence-electron chi connectivity index (χ1n) is 7.70. The van der Waals surface area contributed by atoms with Crippen LogP contribution in [0.5, 0.6) is 0 Å². The van der Waals surface area contributed by atoms with Crippen LogP contribution in [0, 0.1) is 6.92 Å². The predicted molar refractivity (Wildman–Crippen MR) is 90.1 cm³/mol. The zero-order valence-electron chi connectivity index (χ0n) is 13.1. The monoisotopic (exact) mass is 321 g/mol. The van der Waals surface area contributed by atoms with E-state index in [9.17, 15) is 9.59 Å². The van der Waals surface area contributed by atoms with Crippen LogP contribution in [0.4, 0.5) is 11.4 Å². The van der Waals surface area contributed by atoms with Crippen molar-refractivity contribution in [2.24, 2.45) is 0 Å². The van der Waals surface area contributed by atoms with E-state index in [0.717, 1.165) is 11.3 Å². The van der Waals surface area contributed by atoms with Crippen molar-refractivity contribution in [1.29, 1.82) is 0 Å². The van der Waals surface area contributed by atoms with E-state index >= 15 is 0 Å². The molecule has 1 aliphatic heterocycles. The van der Waals surface area contributed by atoms with Gasteiger partial charge in [-0.25, -0.2) is 4.98 Å². The van der Waals surface area contributed by atoms with Gasteiger partial charge in [-0.05, 0) is 48.4 Å². The number of hydrogen-bond donors (Lipinski definition) is 2. The molecule has 2 amide bonds. The minimum atomic E-state index is -0.200. The first-order valence-corrected chi connectivity index (χ1v) is 7.70. The number of oxazole rings is 1. The Morgan fingerprint density at radius 2 is 2.08 bits per heavy atom. The van der Waals surface area contributed by atoms with Crippen LogP contribution in [-0.2, 0) is 11.2 Å². The quantitative estimate of drug-likeness (QED) is 0.758. The third-order valence-electron chi connectivity index (χ3n) is 4.02. The fraction of sp³-hybridized carbons (Fsp3) is 0.167. The smallest absolute Gasteiger partial charge is 0.255 e. The summed E-state index contributed by atoms with van der Waals surface area (Å²) in [4.78, 5) is 28.1. The second kappa shape index (κ2) is 5.49. The van der Waals surface area contributed by atoms with Gasteiger partial charge < -0.3 is 15.1 Å². The third kappa shape index (κ3) is 2.62. The molecular weight excluding hydrogens is 306 g/mol. The standard InChI is InChI=1S/C18H15N3O3/c1-10-19-15-9-13(4-6-16(15)24-10)20-18(23)12-2-5-14-11(8-12)3-7-17(22)21-14/h2,4-6,8-9H,3,7H2,1H3,(H,20,23)(H,21,22). The lowest BCUT2D eigenvalue weighted by Crippen LogP contribution is -2.20. The summed E-state index contributed by atoms with van der Waals surface area (Å²) in [7, 11) is 0. The van der Waals surface area contributed by atoms with Crippen molar-refractivity contribution >= 4 is 34.3 Å². The Bertz CT molecular complexity index is 975. The Morgan fingerprint density at radius 1 is 1.21 bits per heavy atom. The SMILES string of the molecule is Cc1nc2cc(NC(=O)c3ccc4c(c3)CCC(=O)N4)ccc2o1. The summed E-state index contributed by atoms with van der Waals surface area (Å²) in [6, 6.07) is 10.6. The van der Waals surface area contributed by atoms with E-state index in [1.165, 1.54) is 0 Å². The van der Waals surface area contributed by atoms with Crippen molar-refractivity contribution in [1.82, 2.24) is 4.98 Å². The number of aromatic nitrogens is 1. The average Bonchev–Trinajstić information content (AvgIpc) is 2.93. The number of nitrogens with one attached hydrogen (secondary N) is 2. The van der Waals surface area contributed by atoms with E-state index in [-0.39, 0.29) is 11.8 Å². The van der Waals surface area contributed by atoms with Crippen molar-refractivity contribution in [2.45, 2.75) is 19.8 Å². The third-order valence-corrected chi connectivity index (χ3v) is 4.02. The molecule has 0 unspecified atom stereocenters. The molecule has 1 aliphatic rings. The highest BCUT2D eigenvalue weighted by Crippen LogP contribution is 2.25. The molecule has 0 saturated carbocycles. The van der Waals surface area contributed by atoms with Crippen LogP contribution in [0.25, 0.3) is 11.1 Å². The molecule has 24 heavy (non-hydrogen) atoms. The minimum absolute atomic E-state index is 0.0101. The molecule has 2 aromatic carbocycles. The zero-order chi connectivity index (χ0) is 16.7. The molecule has 0 fully saturated rings. The number of benzene rings is 2. The number of carbonyl (C=O) groups excluding carboxylic acids is 2. The van der Waals surface area contributed by atoms with E-state index in [0.29, 0.717) is 41.1 Å². The van der Waals surface area contributed by atoms with Gasteiger partial charge in [-0.3, -0.25) is 9.59 Å². The Balaban J connectivity index is 1.57. The number of hydrogen-bond acceptors (Lipinski definition) is 4. The molecule has 6 heteroatoms. The summed E-state index contributed by atoms with van der Waals surface area (Å²) in [5, 5.41) is 5.68. The normalized spacial score (nSPS) is 13.5. The first-order chi connectivity index (χ1) is 11.6. The predicted octanol–water partition coefficient (Wildman–Crippen LogP) is 3.27. The van der Waals surface area contributed by atoms with Gasteiger partial charge in [0.1, 0.15) is 5.52 Å². The summed E-state index contributed by atoms with van der Waals surface area (Å²) in [6.45, 7) is 1.78. The Kier molecular flexibility index (Phi) is 3.30. The zero-order valence-corrected chi connectivity index (χ0v) is 13.1. The number of fused-ring (bicyclic) bond motifs is 2. The molecule has 120 valence electrons. The number of nitrogens with zero attached hydrogens (tertiary/aromatic N) is 1. The van der Waals surface area contributed by atoms with E-state index in [1.54, 1.807) is 37.3 Å². The van der Waals surface area contributed by atoms with Crippen molar-refractivity contribution in [2.75, 3.05) is 10.6 Å². The van der Waals surface area contributed by atoms with Crippen LogP contribution in [0.1, 0.15) is 28.2 Å². The molecular formula is C18H15N3O3. The maximum absolute atomic E-state index is 12.5. The number of carbonyl (C=O) groups is 2. The van der Waals surface area contributed by atoms with Gasteiger partial charge in [0.25, 0.3) is 5.91 Å². The van der Waals surface area contributed by atoms with Crippen molar-refractivity contribution in [3.8, 4) is 0 Å². The maximum Gasteiger partial charge on any atom is 0.255 e. The van der Waals surface area contributed by atoms with Crippen LogP contribution in [0.15, 0.2) is 40.8 Å². The van der Waals surface area contributed by atoms with E-state index < -0.39 is 0 Å². The van der Waals surface area contributed by atoms with Crippen LogP contribution in [0.3, 0.4) is 0 Å². The van der Waals surface area contributed by atoms with Gasteiger partial charge in [0, 0.05) is 30.3 Å².